The van der Waals surface area contributed by atoms with Gasteiger partial charge in [-0.05, 0) is 128 Å². The van der Waals surface area contributed by atoms with Gasteiger partial charge in [-0.3, -0.25) is 24.2 Å². The predicted molar refractivity (Wildman–Crippen MR) is 220 cm³/mol. The number of carboxylic acids is 1. The van der Waals surface area contributed by atoms with Crippen molar-refractivity contribution in [2.75, 3.05) is 13.6 Å². The average molecular weight is 787 g/mol. The maximum atomic E-state index is 14.5. The van der Waals surface area contributed by atoms with E-state index in [1.54, 1.807) is 19.9 Å². The Labute approximate surface area is 339 Å². The highest BCUT2D eigenvalue weighted by Gasteiger charge is 2.74. The number of alkyl halides is 1. The van der Waals surface area contributed by atoms with Gasteiger partial charge in [0.25, 0.3) is 0 Å². The third-order valence-electron chi connectivity index (χ3n) is 17.7. The first-order chi connectivity index (χ1) is 26.4. The van der Waals surface area contributed by atoms with E-state index in [1.165, 1.54) is 17.9 Å². The number of hydrogen-bond donors (Lipinski definition) is 1. The second kappa shape index (κ2) is 13.6. The van der Waals surface area contributed by atoms with E-state index in [9.17, 15) is 28.7 Å². The van der Waals surface area contributed by atoms with Crippen molar-refractivity contribution in [3.05, 3.63) is 46.7 Å². The molecule has 2 aliphatic heterocycles. The van der Waals surface area contributed by atoms with Crippen molar-refractivity contribution in [1.82, 2.24) is 4.90 Å². The van der Waals surface area contributed by atoms with Crippen molar-refractivity contribution >= 4 is 29.7 Å². The fraction of sp³-hybridized carbons (Fsp3) is 0.729. The third kappa shape index (κ3) is 6.03. The van der Waals surface area contributed by atoms with Gasteiger partial charge in [-0.1, -0.05) is 61.5 Å². The van der Waals surface area contributed by atoms with E-state index < -0.39 is 28.9 Å². The number of ketones is 2. The zero-order valence-electron chi connectivity index (χ0n) is 36.4. The molecule has 10 atom stereocenters. The monoisotopic (exact) mass is 786 g/mol. The van der Waals surface area contributed by atoms with Gasteiger partial charge < -0.3 is 14.7 Å². The number of esters is 1. The molecule has 0 bridgehead atoms. The number of ether oxygens (including phenoxy) is 1. The summed E-state index contributed by atoms with van der Waals surface area (Å²) in [6.07, 6.45) is 14.4. The van der Waals surface area contributed by atoms with Crippen LogP contribution in [0.25, 0.3) is 0 Å². The molecule has 8 nitrogen and oxygen atoms in total. The minimum absolute atomic E-state index is 0.0172. The Morgan fingerprint density at radius 2 is 1.68 bits per heavy atom. The van der Waals surface area contributed by atoms with Crippen LogP contribution < -0.4 is 0 Å². The van der Waals surface area contributed by atoms with Gasteiger partial charge >= 0.3 is 11.9 Å². The van der Waals surface area contributed by atoms with Crippen LogP contribution in [0.2, 0.25) is 0 Å². The molecule has 57 heavy (non-hydrogen) atoms. The molecule has 312 valence electrons. The summed E-state index contributed by atoms with van der Waals surface area (Å²) in [4.78, 5) is 59.9. The van der Waals surface area contributed by atoms with Crippen molar-refractivity contribution in [2.24, 2.45) is 60.7 Å². The summed E-state index contributed by atoms with van der Waals surface area (Å²) in [5, 5.41) is 9.65. The lowest BCUT2D eigenvalue weighted by atomic mass is 9.29. The topological polar surface area (TPSA) is 113 Å². The highest BCUT2D eigenvalue weighted by molar-refractivity contribution is 6.07. The number of nitrogens with zero attached hydrogens (tertiary/aromatic N) is 2. The number of aliphatic imine (C=N–C) groups is 1. The Morgan fingerprint density at radius 3 is 2.32 bits per heavy atom. The predicted octanol–water partition coefficient (Wildman–Crippen LogP) is 9.44. The summed E-state index contributed by atoms with van der Waals surface area (Å²) in [5.41, 5.74) is 1.48. The third-order valence-corrected chi connectivity index (χ3v) is 17.7. The van der Waals surface area contributed by atoms with Crippen molar-refractivity contribution in [3.63, 3.8) is 0 Å². The first-order valence-electron chi connectivity index (χ1n) is 21.6. The summed E-state index contributed by atoms with van der Waals surface area (Å²) >= 11 is 0. The Morgan fingerprint density at radius 1 is 1.00 bits per heavy atom. The lowest BCUT2D eigenvalue weighted by Gasteiger charge is -2.75. The van der Waals surface area contributed by atoms with Crippen LogP contribution in [0.4, 0.5) is 4.39 Å². The Balaban J connectivity index is 1.22. The SMILES string of the molecule is CC(C)C1=C2C(C3=CC(=O)C(=CC4C=CC(F)C=N4)CN3C)(CCC3(C)C2(C)CCC2C4(C)CCC(OC(=O)CC(C)(C)C(=O)O)C(C)(C)C4CCC23C)CC1=O. The quantitative estimate of drug-likeness (QED) is 0.155. The molecule has 9 heteroatoms. The van der Waals surface area contributed by atoms with Crippen molar-refractivity contribution < 1.29 is 33.4 Å². The molecule has 0 aromatic carbocycles. The number of halogens is 1. The minimum Gasteiger partial charge on any atom is -0.481 e. The lowest BCUT2D eigenvalue weighted by Crippen LogP contribution is -2.68. The number of rotatable bonds is 7. The van der Waals surface area contributed by atoms with Gasteiger partial charge in [0.2, 0.25) is 0 Å². The normalized spacial score (nSPS) is 42.1. The number of dihydropyridines is 1. The summed E-state index contributed by atoms with van der Waals surface area (Å²) in [6, 6.07) is -0.373. The number of fused-ring (bicyclic) bond motifs is 7. The number of aliphatic carboxylic acids is 1. The van der Waals surface area contributed by atoms with Gasteiger partial charge in [-0.15, -0.1) is 0 Å². The van der Waals surface area contributed by atoms with Crippen LogP contribution in [0.15, 0.2) is 51.7 Å². The molecule has 0 amide bonds. The molecule has 7 rings (SSSR count). The first-order valence-corrected chi connectivity index (χ1v) is 21.6. The first kappa shape index (κ1) is 41.8. The van der Waals surface area contributed by atoms with Gasteiger partial charge in [0, 0.05) is 54.4 Å². The molecule has 0 saturated heterocycles. The minimum atomic E-state index is -1.20. The smallest absolute Gasteiger partial charge is 0.309 e. The van der Waals surface area contributed by atoms with E-state index in [0.717, 1.165) is 62.6 Å². The Kier molecular flexibility index (Phi) is 9.96. The Hall–Kier alpha value is -3.36. The maximum absolute atomic E-state index is 14.5. The molecule has 7 aliphatic rings. The molecule has 0 aromatic heterocycles. The zero-order chi connectivity index (χ0) is 41.9. The van der Waals surface area contributed by atoms with Crippen molar-refractivity contribution in [1.29, 1.82) is 0 Å². The summed E-state index contributed by atoms with van der Waals surface area (Å²) in [7, 11) is 2.05. The van der Waals surface area contributed by atoms with Crippen LogP contribution in [0.3, 0.4) is 0 Å². The number of likely N-dealkylation sites (N-methyl/N-ethyl adjacent to an activating group) is 1. The van der Waals surface area contributed by atoms with E-state index in [2.05, 4.69) is 65.3 Å². The zero-order valence-corrected chi connectivity index (χ0v) is 36.4. The van der Waals surface area contributed by atoms with E-state index in [-0.39, 0.29) is 63.1 Å². The van der Waals surface area contributed by atoms with Gasteiger partial charge in [0.1, 0.15) is 6.10 Å². The van der Waals surface area contributed by atoms with E-state index in [0.29, 0.717) is 30.4 Å². The summed E-state index contributed by atoms with van der Waals surface area (Å²) < 4.78 is 19.9. The molecule has 0 aromatic rings. The number of carboxylic acid groups (broad SMARTS) is 1. The van der Waals surface area contributed by atoms with Crippen molar-refractivity contribution in [2.45, 2.75) is 152 Å². The van der Waals surface area contributed by atoms with Gasteiger partial charge in [0.05, 0.1) is 17.9 Å². The molecule has 2 heterocycles. The average Bonchev–Trinajstić information content (AvgIpc) is 3.43. The van der Waals surface area contributed by atoms with Crippen LogP contribution in [0, 0.1) is 55.7 Å². The van der Waals surface area contributed by atoms with Gasteiger partial charge in [-0.2, -0.15) is 0 Å². The highest BCUT2D eigenvalue weighted by atomic mass is 19.1. The van der Waals surface area contributed by atoms with Crippen LogP contribution in [0.1, 0.15) is 133 Å². The highest BCUT2D eigenvalue weighted by Crippen LogP contribution is 2.81. The van der Waals surface area contributed by atoms with Crippen LogP contribution in [-0.2, 0) is 23.9 Å². The van der Waals surface area contributed by atoms with Crippen LogP contribution in [0.5, 0.6) is 0 Å². The summed E-state index contributed by atoms with van der Waals surface area (Å²) in [6.45, 7) is 22.5. The van der Waals surface area contributed by atoms with Crippen LogP contribution in [-0.4, -0.2) is 71.6 Å². The number of carbonyl (C=O) groups is 4. The fourth-order valence-electron chi connectivity index (χ4n) is 14.5. The molecule has 4 saturated carbocycles. The van der Waals surface area contributed by atoms with E-state index >= 15 is 0 Å². The van der Waals surface area contributed by atoms with E-state index in [4.69, 9.17) is 4.74 Å². The molecular weight excluding hydrogens is 720 g/mol. The number of carbonyl (C=O) groups excluding carboxylic acids is 3. The van der Waals surface area contributed by atoms with E-state index in [1.807, 2.05) is 19.2 Å². The fourth-order valence-corrected chi connectivity index (χ4v) is 14.5. The molecular formula is C48H67FN2O6. The maximum Gasteiger partial charge on any atom is 0.309 e. The molecule has 10 unspecified atom stereocenters. The Bertz CT molecular complexity index is 1910. The second-order valence-corrected chi connectivity index (χ2v) is 21.7. The number of Topliss-reactive ketones (excluding diaryl/α,β-unsaturated/α-hetero) is 1. The largest absolute Gasteiger partial charge is 0.481 e. The van der Waals surface area contributed by atoms with Gasteiger partial charge in [0.15, 0.2) is 17.7 Å². The van der Waals surface area contributed by atoms with Gasteiger partial charge in [-0.25, -0.2) is 4.39 Å². The lowest BCUT2D eigenvalue weighted by molar-refractivity contribution is -0.249. The van der Waals surface area contributed by atoms with Crippen molar-refractivity contribution in [3.8, 4) is 0 Å². The standard InChI is InChI=1S/C48H67FN2O6/c1-28(2)39-33(53)24-48(36-23-32(52)29(27-51(36)11)22-31-13-12-30(49)26-50-31)21-20-47(10)45(8)18-14-34-43(5,6)37(57-38(54)25-42(3,4)41(55)56)16-17-44(34,7)35(45)15-19-46(47,9)40(39)48/h12-13,22-23,26,28,30-31,34-35,37H,14-21,24-25,27H2,1-11H3,(H,55,56). The molecule has 0 spiro atoms. The van der Waals surface area contributed by atoms with Crippen LogP contribution >= 0.6 is 0 Å². The number of hydrogen-bond acceptors (Lipinski definition) is 7. The molecule has 5 aliphatic carbocycles. The molecule has 0 radical (unpaired) electrons. The molecule has 1 N–H and O–H groups in total. The molecule has 4 fully saturated rings. The number of allylic oxidation sites excluding steroid dienone is 4. The second-order valence-electron chi connectivity index (χ2n) is 21.7. The summed E-state index contributed by atoms with van der Waals surface area (Å²) in [5.74, 6) is -0.439.